The molecule has 1 fully saturated rings. The molecule has 1 saturated heterocycles. The summed E-state index contributed by atoms with van der Waals surface area (Å²) in [6.45, 7) is 7.76. The number of aromatic nitrogens is 4. The van der Waals surface area contributed by atoms with Crippen LogP contribution in [-0.2, 0) is 13.0 Å². The Labute approximate surface area is 123 Å². The zero-order chi connectivity index (χ0) is 14.8. The maximum Gasteiger partial charge on any atom is 0.229 e. The summed E-state index contributed by atoms with van der Waals surface area (Å²) in [4.78, 5) is 11.2. The van der Waals surface area contributed by atoms with E-state index in [1.54, 1.807) is 0 Å². The molecule has 7 heteroatoms. The average Bonchev–Trinajstić information content (AvgIpc) is 3.18. The lowest BCUT2D eigenvalue weighted by Crippen LogP contribution is -2.24. The molecule has 7 nitrogen and oxygen atoms in total. The van der Waals surface area contributed by atoms with Gasteiger partial charge in [0.05, 0.1) is 12.6 Å². The number of aryl methyl sites for hydroxylation is 1. The number of nitrogens with zero attached hydrogens (tertiary/aromatic N) is 5. The van der Waals surface area contributed by atoms with Crippen molar-refractivity contribution in [1.82, 2.24) is 25.2 Å². The Hall–Kier alpha value is -1.76. The summed E-state index contributed by atoms with van der Waals surface area (Å²) in [5.74, 6) is 3.14. The van der Waals surface area contributed by atoms with Gasteiger partial charge in [-0.3, -0.25) is 4.90 Å². The van der Waals surface area contributed by atoms with Crippen molar-refractivity contribution >= 4 is 0 Å². The Morgan fingerprint density at radius 2 is 2.10 bits per heavy atom. The van der Waals surface area contributed by atoms with Gasteiger partial charge in [0.15, 0.2) is 11.6 Å². The summed E-state index contributed by atoms with van der Waals surface area (Å²) in [5, 5.41) is 8.16. The van der Waals surface area contributed by atoms with Crippen LogP contribution in [0.1, 0.15) is 69.0 Å². The number of rotatable bonds is 5. The normalized spacial score (nSPS) is 19.7. The van der Waals surface area contributed by atoms with Crippen molar-refractivity contribution in [3.05, 3.63) is 23.4 Å². The molecule has 1 atom stereocenters. The molecule has 0 spiro atoms. The molecule has 2 aromatic heterocycles. The molecule has 0 unspecified atom stereocenters. The molecule has 3 heterocycles. The number of hydrogen-bond acceptors (Lipinski definition) is 7. The molecule has 21 heavy (non-hydrogen) atoms. The van der Waals surface area contributed by atoms with Gasteiger partial charge in [-0.15, -0.1) is 0 Å². The molecule has 0 N–H and O–H groups in total. The fraction of sp³-hybridized carbons (Fsp3) is 0.714. The number of hydrogen-bond donors (Lipinski definition) is 0. The van der Waals surface area contributed by atoms with Crippen LogP contribution in [0.2, 0.25) is 0 Å². The SMILES string of the molecule is CCc1nc(CN2CCC[C@@H]2c2noc(C(C)C)n2)no1. The van der Waals surface area contributed by atoms with Crippen molar-refractivity contribution in [2.45, 2.75) is 58.5 Å². The van der Waals surface area contributed by atoms with E-state index in [4.69, 9.17) is 9.05 Å². The molecule has 2 aromatic rings. The lowest BCUT2D eigenvalue weighted by Gasteiger charge is -2.19. The van der Waals surface area contributed by atoms with Gasteiger partial charge in [0, 0.05) is 12.3 Å². The maximum absolute atomic E-state index is 5.32. The highest BCUT2D eigenvalue weighted by Gasteiger charge is 2.31. The highest BCUT2D eigenvalue weighted by Crippen LogP contribution is 2.31. The van der Waals surface area contributed by atoms with Gasteiger partial charge in [-0.05, 0) is 19.4 Å². The first-order chi connectivity index (χ1) is 10.2. The minimum absolute atomic E-state index is 0.185. The summed E-state index contributed by atoms with van der Waals surface area (Å²) < 4.78 is 10.5. The van der Waals surface area contributed by atoms with E-state index in [0.29, 0.717) is 18.3 Å². The summed E-state index contributed by atoms with van der Waals surface area (Å²) in [7, 11) is 0. The second-order valence-electron chi connectivity index (χ2n) is 5.73. The monoisotopic (exact) mass is 291 g/mol. The van der Waals surface area contributed by atoms with Gasteiger partial charge in [-0.2, -0.15) is 9.97 Å². The van der Waals surface area contributed by atoms with Crippen molar-refractivity contribution in [2.75, 3.05) is 6.54 Å². The Morgan fingerprint density at radius 1 is 1.24 bits per heavy atom. The van der Waals surface area contributed by atoms with E-state index in [1.807, 2.05) is 6.92 Å². The van der Waals surface area contributed by atoms with Gasteiger partial charge in [-0.1, -0.05) is 31.1 Å². The topological polar surface area (TPSA) is 81.1 Å². The standard InChI is InChI=1S/C14H21N5O2/c1-4-12-15-11(17-20-12)8-19-7-5-6-10(19)13-16-14(9(2)3)21-18-13/h9-10H,4-8H2,1-3H3/t10-/m1/s1. The van der Waals surface area contributed by atoms with Crippen LogP contribution < -0.4 is 0 Å². The van der Waals surface area contributed by atoms with Crippen LogP contribution in [0.5, 0.6) is 0 Å². The molecule has 0 radical (unpaired) electrons. The van der Waals surface area contributed by atoms with Crippen LogP contribution in [0.15, 0.2) is 9.05 Å². The Bertz CT molecular complexity index is 592. The zero-order valence-electron chi connectivity index (χ0n) is 12.7. The summed E-state index contributed by atoms with van der Waals surface area (Å²) >= 11 is 0. The molecule has 114 valence electrons. The second-order valence-corrected chi connectivity index (χ2v) is 5.73. The van der Waals surface area contributed by atoms with Gasteiger partial charge in [0.2, 0.25) is 11.8 Å². The molecule has 0 bridgehead atoms. The largest absolute Gasteiger partial charge is 0.339 e. The van der Waals surface area contributed by atoms with Crippen molar-refractivity contribution in [1.29, 1.82) is 0 Å². The van der Waals surface area contributed by atoms with E-state index < -0.39 is 0 Å². The summed E-state index contributed by atoms with van der Waals surface area (Å²) in [5.41, 5.74) is 0. The van der Waals surface area contributed by atoms with Crippen molar-refractivity contribution in [2.24, 2.45) is 0 Å². The van der Waals surface area contributed by atoms with Crippen LogP contribution >= 0.6 is 0 Å². The predicted molar refractivity (Wildman–Crippen MR) is 74.4 cm³/mol. The van der Waals surface area contributed by atoms with Gasteiger partial charge in [-0.25, -0.2) is 0 Å². The minimum Gasteiger partial charge on any atom is -0.339 e. The Morgan fingerprint density at radius 3 is 2.76 bits per heavy atom. The first-order valence-corrected chi connectivity index (χ1v) is 7.56. The molecular weight excluding hydrogens is 270 g/mol. The van der Waals surface area contributed by atoms with Gasteiger partial charge in [0.25, 0.3) is 0 Å². The molecule has 1 aliphatic rings. The van der Waals surface area contributed by atoms with Crippen LogP contribution in [0.25, 0.3) is 0 Å². The van der Waals surface area contributed by atoms with Gasteiger partial charge < -0.3 is 9.05 Å². The van der Waals surface area contributed by atoms with Crippen LogP contribution in [0.4, 0.5) is 0 Å². The Balaban J connectivity index is 1.72. The van der Waals surface area contributed by atoms with Crippen LogP contribution in [0.3, 0.4) is 0 Å². The first-order valence-electron chi connectivity index (χ1n) is 7.56. The molecule has 0 aliphatic carbocycles. The van der Waals surface area contributed by atoms with E-state index in [9.17, 15) is 0 Å². The smallest absolute Gasteiger partial charge is 0.229 e. The van der Waals surface area contributed by atoms with Crippen molar-refractivity contribution < 1.29 is 9.05 Å². The Kier molecular flexibility index (Phi) is 4.01. The number of likely N-dealkylation sites (tertiary alicyclic amines) is 1. The van der Waals surface area contributed by atoms with Gasteiger partial charge in [0.1, 0.15) is 0 Å². The van der Waals surface area contributed by atoms with Crippen LogP contribution in [-0.4, -0.2) is 31.7 Å². The fourth-order valence-electron chi connectivity index (χ4n) is 2.60. The van der Waals surface area contributed by atoms with Crippen molar-refractivity contribution in [3.63, 3.8) is 0 Å². The average molecular weight is 291 g/mol. The molecule has 1 aliphatic heterocycles. The molecule has 0 amide bonds. The van der Waals surface area contributed by atoms with E-state index in [1.165, 1.54) is 0 Å². The third kappa shape index (κ3) is 2.97. The first kappa shape index (κ1) is 14.2. The molecule has 0 aromatic carbocycles. The summed E-state index contributed by atoms with van der Waals surface area (Å²) in [6.07, 6.45) is 2.92. The molecule has 3 rings (SSSR count). The molecular formula is C14H21N5O2. The second kappa shape index (κ2) is 5.93. The highest BCUT2D eigenvalue weighted by atomic mass is 16.5. The van der Waals surface area contributed by atoms with E-state index >= 15 is 0 Å². The van der Waals surface area contributed by atoms with Crippen molar-refractivity contribution in [3.8, 4) is 0 Å². The van der Waals surface area contributed by atoms with E-state index in [2.05, 4.69) is 39.0 Å². The minimum atomic E-state index is 0.185. The quantitative estimate of drug-likeness (QED) is 0.837. The van der Waals surface area contributed by atoms with E-state index in [0.717, 1.165) is 37.5 Å². The summed E-state index contributed by atoms with van der Waals surface area (Å²) in [6, 6.07) is 0.185. The fourth-order valence-corrected chi connectivity index (χ4v) is 2.60. The van der Waals surface area contributed by atoms with Crippen LogP contribution in [0, 0.1) is 0 Å². The highest BCUT2D eigenvalue weighted by molar-refractivity contribution is 5.01. The predicted octanol–water partition coefficient (Wildman–Crippen LogP) is 2.48. The lowest BCUT2D eigenvalue weighted by atomic mass is 10.2. The maximum atomic E-state index is 5.32. The lowest BCUT2D eigenvalue weighted by molar-refractivity contribution is 0.225. The third-order valence-corrected chi connectivity index (χ3v) is 3.77. The van der Waals surface area contributed by atoms with E-state index in [-0.39, 0.29) is 12.0 Å². The molecule has 0 saturated carbocycles. The zero-order valence-corrected chi connectivity index (χ0v) is 12.7. The third-order valence-electron chi connectivity index (χ3n) is 3.77. The van der Waals surface area contributed by atoms with Gasteiger partial charge >= 0.3 is 0 Å².